The van der Waals surface area contributed by atoms with Crippen LogP contribution in [-0.4, -0.2) is 28.1 Å². The molecule has 26 heavy (non-hydrogen) atoms. The summed E-state index contributed by atoms with van der Waals surface area (Å²) in [5.41, 5.74) is 4.34. The highest BCUT2D eigenvalue weighted by molar-refractivity contribution is 5.59. The van der Waals surface area contributed by atoms with E-state index in [0.29, 0.717) is 5.92 Å². The Kier molecular flexibility index (Phi) is 4.71. The van der Waals surface area contributed by atoms with Crippen molar-refractivity contribution < 1.29 is 4.52 Å². The summed E-state index contributed by atoms with van der Waals surface area (Å²) in [7, 11) is 0. The lowest BCUT2D eigenvalue weighted by Crippen LogP contribution is -2.32. The second kappa shape index (κ2) is 7.30. The fourth-order valence-corrected chi connectivity index (χ4v) is 3.61. The number of nitrogens with one attached hydrogen (secondary N) is 1. The summed E-state index contributed by atoms with van der Waals surface area (Å²) in [5.74, 6) is 1.36. The van der Waals surface area contributed by atoms with E-state index >= 15 is 0 Å². The number of hydrogen-bond acceptors (Lipinski definition) is 4. The number of hydrogen-bond donors (Lipinski definition) is 1. The van der Waals surface area contributed by atoms with E-state index in [2.05, 4.69) is 46.2 Å². The van der Waals surface area contributed by atoms with Gasteiger partial charge in [-0.1, -0.05) is 35.0 Å². The van der Waals surface area contributed by atoms with E-state index in [4.69, 9.17) is 4.52 Å². The molecule has 5 nitrogen and oxygen atoms in total. The van der Waals surface area contributed by atoms with Gasteiger partial charge in [0.15, 0.2) is 5.76 Å². The minimum absolute atomic E-state index is 0.0183. The molecule has 0 aliphatic carbocycles. The van der Waals surface area contributed by atoms with Crippen molar-refractivity contribution in [2.45, 2.75) is 32.2 Å². The van der Waals surface area contributed by atoms with Crippen molar-refractivity contribution in [2.75, 3.05) is 13.1 Å². The number of likely N-dealkylation sites (tertiary alicyclic amines) is 1. The average Bonchev–Trinajstić information content (AvgIpc) is 3.11. The van der Waals surface area contributed by atoms with E-state index < -0.39 is 0 Å². The quantitative estimate of drug-likeness (QED) is 0.780. The molecule has 0 unspecified atom stereocenters. The van der Waals surface area contributed by atoms with Crippen LogP contribution in [0.5, 0.6) is 0 Å². The molecule has 1 saturated heterocycles. The lowest BCUT2D eigenvalue weighted by Gasteiger charge is -2.31. The maximum atomic E-state index is 11.5. The Bertz CT molecular complexity index is 919. The molecule has 134 valence electrons. The van der Waals surface area contributed by atoms with Crippen LogP contribution in [0.15, 0.2) is 58.0 Å². The van der Waals surface area contributed by atoms with Crippen molar-refractivity contribution in [3.05, 3.63) is 75.9 Å². The number of H-pyrrole nitrogens is 1. The van der Waals surface area contributed by atoms with Crippen LogP contribution in [-0.2, 0) is 6.54 Å². The maximum Gasteiger partial charge on any atom is 0.248 e. The summed E-state index contributed by atoms with van der Waals surface area (Å²) >= 11 is 0. The number of pyridine rings is 1. The molecule has 1 N–H and O–H groups in total. The topological polar surface area (TPSA) is 62.1 Å². The van der Waals surface area contributed by atoms with E-state index in [9.17, 15) is 4.79 Å². The molecule has 1 aliphatic heterocycles. The zero-order chi connectivity index (χ0) is 17.9. The van der Waals surface area contributed by atoms with Crippen LogP contribution in [0, 0.1) is 6.92 Å². The lowest BCUT2D eigenvalue weighted by molar-refractivity contribution is 0.184. The Balaban J connectivity index is 1.36. The molecule has 1 aromatic carbocycles. The Morgan fingerprint density at radius 1 is 1.15 bits per heavy atom. The molecule has 1 fully saturated rings. The predicted octanol–water partition coefficient (Wildman–Crippen LogP) is 3.72. The Hall–Kier alpha value is -2.66. The van der Waals surface area contributed by atoms with Gasteiger partial charge in [0.1, 0.15) is 5.69 Å². The van der Waals surface area contributed by atoms with Gasteiger partial charge >= 0.3 is 0 Å². The number of aromatic amines is 1. The monoisotopic (exact) mass is 349 g/mol. The van der Waals surface area contributed by atoms with Crippen LogP contribution in [0.25, 0.3) is 11.3 Å². The third-order valence-corrected chi connectivity index (χ3v) is 5.14. The van der Waals surface area contributed by atoms with Gasteiger partial charge in [-0.15, -0.1) is 0 Å². The number of aryl methyl sites for hydroxylation is 1. The normalized spacial score (nSPS) is 16.0. The zero-order valence-electron chi connectivity index (χ0n) is 14.9. The highest BCUT2D eigenvalue weighted by Gasteiger charge is 2.22. The van der Waals surface area contributed by atoms with Crippen LogP contribution in [0.1, 0.15) is 35.6 Å². The molecule has 2 aromatic heterocycles. The van der Waals surface area contributed by atoms with Crippen LogP contribution in [0.4, 0.5) is 0 Å². The van der Waals surface area contributed by atoms with E-state index in [-0.39, 0.29) is 5.56 Å². The molecule has 1 aliphatic rings. The largest absolute Gasteiger partial charge is 0.359 e. The molecule has 3 heterocycles. The summed E-state index contributed by atoms with van der Waals surface area (Å²) in [6.45, 7) is 4.85. The molecule has 0 spiro atoms. The van der Waals surface area contributed by atoms with Gasteiger partial charge in [0.05, 0.1) is 6.54 Å². The fraction of sp³-hybridized carbons (Fsp3) is 0.333. The van der Waals surface area contributed by atoms with Crippen molar-refractivity contribution in [1.29, 1.82) is 0 Å². The molecule has 0 amide bonds. The minimum atomic E-state index is -0.0183. The summed E-state index contributed by atoms with van der Waals surface area (Å²) < 4.78 is 5.54. The molecule has 0 bridgehead atoms. The first-order valence-corrected chi connectivity index (χ1v) is 9.11. The molecule has 0 atom stereocenters. The van der Waals surface area contributed by atoms with Gasteiger partial charge in [-0.05, 0) is 50.4 Å². The van der Waals surface area contributed by atoms with Crippen LogP contribution in [0.3, 0.4) is 0 Å². The number of aromatic nitrogens is 2. The highest BCUT2D eigenvalue weighted by Crippen LogP contribution is 2.28. The van der Waals surface area contributed by atoms with Crippen LogP contribution < -0.4 is 5.56 Å². The molecule has 3 aromatic rings. The van der Waals surface area contributed by atoms with Gasteiger partial charge in [-0.25, -0.2) is 0 Å². The van der Waals surface area contributed by atoms with Gasteiger partial charge in [0.2, 0.25) is 5.56 Å². The minimum Gasteiger partial charge on any atom is -0.359 e. The van der Waals surface area contributed by atoms with Gasteiger partial charge in [-0.2, -0.15) is 0 Å². The van der Waals surface area contributed by atoms with E-state index in [1.165, 1.54) is 5.56 Å². The standard InChI is InChI=1S/C21H23N3O2/c1-15-2-4-17(5-3-15)20-13-19(26-23-20)14-24-10-7-16(8-11-24)18-6-9-22-21(25)12-18/h2-6,9,12-13,16H,7-8,10-11,14H2,1H3,(H,22,25). The first-order chi connectivity index (χ1) is 12.7. The van der Waals surface area contributed by atoms with Crippen molar-refractivity contribution in [3.8, 4) is 11.3 Å². The van der Waals surface area contributed by atoms with Gasteiger partial charge in [0, 0.05) is 23.9 Å². The van der Waals surface area contributed by atoms with Crippen molar-refractivity contribution in [2.24, 2.45) is 0 Å². The highest BCUT2D eigenvalue weighted by atomic mass is 16.5. The van der Waals surface area contributed by atoms with Crippen molar-refractivity contribution >= 4 is 0 Å². The second-order valence-electron chi connectivity index (χ2n) is 7.08. The van der Waals surface area contributed by atoms with E-state index in [1.54, 1.807) is 12.3 Å². The average molecular weight is 349 g/mol. The predicted molar refractivity (Wildman–Crippen MR) is 101 cm³/mol. The second-order valence-corrected chi connectivity index (χ2v) is 7.08. The lowest BCUT2D eigenvalue weighted by atomic mass is 9.90. The number of rotatable bonds is 4. The molecular weight excluding hydrogens is 326 g/mol. The van der Waals surface area contributed by atoms with Gasteiger partial charge in [0.25, 0.3) is 0 Å². The summed E-state index contributed by atoms with van der Waals surface area (Å²) in [6, 6.07) is 14.1. The van der Waals surface area contributed by atoms with Crippen LogP contribution >= 0.6 is 0 Å². The van der Waals surface area contributed by atoms with Gasteiger partial charge < -0.3 is 9.51 Å². The molecule has 0 saturated carbocycles. The first kappa shape index (κ1) is 16.8. The van der Waals surface area contributed by atoms with Crippen molar-refractivity contribution in [3.63, 3.8) is 0 Å². The Labute approximate surface area is 152 Å². The molecular formula is C21H23N3O2. The number of nitrogens with zero attached hydrogens (tertiary/aromatic N) is 2. The smallest absolute Gasteiger partial charge is 0.248 e. The first-order valence-electron chi connectivity index (χ1n) is 9.11. The Morgan fingerprint density at radius 3 is 2.65 bits per heavy atom. The Morgan fingerprint density at radius 2 is 1.92 bits per heavy atom. The van der Waals surface area contributed by atoms with E-state index in [1.807, 2.05) is 12.1 Å². The molecule has 5 heteroatoms. The third kappa shape index (κ3) is 3.78. The summed E-state index contributed by atoms with van der Waals surface area (Å²) in [5, 5.41) is 4.21. The fourth-order valence-electron chi connectivity index (χ4n) is 3.61. The number of piperidine rings is 1. The summed E-state index contributed by atoms with van der Waals surface area (Å²) in [4.78, 5) is 16.6. The maximum absolute atomic E-state index is 11.5. The number of benzene rings is 1. The van der Waals surface area contributed by atoms with Gasteiger partial charge in [-0.3, -0.25) is 9.69 Å². The third-order valence-electron chi connectivity index (χ3n) is 5.14. The molecule has 0 radical (unpaired) electrons. The van der Waals surface area contributed by atoms with Crippen molar-refractivity contribution in [1.82, 2.24) is 15.0 Å². The van der Waals surface area contributed by atoms with Crippen LogP contribution in [0.2, 0.25) is 0 Å². The zero-order valence-corrected chi connectivity index (χ0v) is 14.9. The molecule has 4 rings (SSSR count). The SMILES string of the molecule is Cc1ccc(-c2cc(CN3CCC(c4cc[nH]c(=O)c4)CC3)on2)cc1. The summed E-state index contributed by atoms with van der Waals surface area (Å²) in [6.07, 6.45) is 3.86. The van der Waals surface area contributed by atoms with E-state index in [0.717, 1.165) is 55.1 Å².